The van der Waals surface area contributed by atoms with Crippen molar-refractivity contribution in [3.8, 4) is 0 Å². The zero-order valence-corrected chi connectivity index (χ0v) is 19.5. The summed E-state index contributed by atoms with van der Waals surface area (Å²) in [6, 6.07) is 17.0. The Bertz CT molecular complexity index is 767. The van der Waals surface area contributed by atoms with Crippen molar-refractivity contribution in [1.82, 2.24) is 0 Å². The predicted molar refractivity (Wildman–Crippen MR) is 128 cm³/mol. The fraction of sp³-hybridized carbons (Fsp3) is 0.500. The van der Waals surface area contributed by atoms with Crippen LogP contribution >= 0.6 is 0 Å². The molecular formula is C24H37BO5S. The van der Waals surface area contributed by atoms with E-state index in [0.717, 1.165) is 12.8 Å². The van der Waals surface area contributed by atoms with Crippen LogP contribution in [-0.4, -0.2) is 32.2 Å². The Morgan fingerprint density at radius 3 is 1.61 bits per heavy atom. The third-order valence-corrected chi connectivity index (χ3v) is 6.19. The standard InChI is InChI=1S/C18H30O3S.C6H7BO2/c1-2-3-4-5-6-7-8-9-10-14-17-21-22(19,20)18-15-12-11-13-16-18;8-7(9)6-4-2-1-3-5-6/h11-13,15-16H,2-10,14,17H2,1H3;1-5,8-9H. The minimum Gasteiger partial charge on any atom is -0.423 e. The van der Waals surface area contributed by atoms with Crippen LogP contribution < -0.4 is 5.46 Å². The summed E-state index contributed by atoms with van der Waals surface area (Å²) in [5.74, 6) is 0. The van der Waals surface area contributed by atoms with Crippen LogP contribution in [0.5, 0.6) is 0 Å². The Hall–Kier alpha value is -1.67. The highest BCUT2D eigenvalue weighted by molar-refractivity contribution is 7.86. The van der Waals surface area contributed by atoms with E-state index in [-0.39, 0.29) is 11.5 Å². The van der Waals surface area contributed by atoms with Crippen molar-refractivity contribution in [3.63, 3.8) is 0 Å². The topological polar surface area (TPSA) is 83.8 Å². The largest absolute Gasteiger partial charge is 0.488 e. The summed E-state index contributed by atoms with van der Waals surface area (Å²) < 4.78 is 28.8. The van der Waals surface area contributed by atoms with Gasteiger partial charge in [0.25, 0.3) is 10.1 Å². The Labute approximate surface area is 188 Å². The van der Waals surface area contributed by atoms with Gasteiger partial charge in [-0.25, -0.2) is 0 Å². The van der Waals surface area contributed by atoms with Gasteiger partial charge < -0.3 is 10.0 Å². The lowest BCUT2D eigenvalue weighted by Gasteiger charge is -2.05. The lowest BCUT2D eigenvalue weighted by molar-refractivity contribution is 0.306. The van der Waals surface area contributed by atoms with Crippen molar-refractivity contribution in [3.05, 3.63) is 60.7 Å². The molecule has 0 bridgehead atoms. The molecule has 2 aromatic carbocycles. The average molecular weight is 448 g/mol. The normalized spacial score (nSPS) is 10.9. The summed E-state index contributed by atoms with van der Waals surface area (Å²) in [4.78, 5) is 0.238. The highest BCUT2D eigenvalue weighted by atomic mass is 32.2. The highest BCUT2D eigenvalue weighted by Gasteiger charge is 2.13. The van der Waals surface area contributed by atoms with Gasteiger partial charge in [-0.3, -0.25) is 4.18 Å². The van der Waals surface area contributed by atoms with Gasteiger partial charge in [-0.15, -0.1) is 0 Å². The van der Waals surface area contributed by atoms with Crippen LogP contribution in [0, 0.1) is 0 Å². The van der Waals surface area contributed by atoms with Crippen LogP contribution in [0.1, 0.15) is 71.1 Å². The summed E-state index contributed by atoms with van der Waals surface area (Å²) in [5, 5.41) is 17.2. The second-order valence-corrected chi connectivity index (χ2v) is 9.17. The number of hydrogen-bond acceptors (Lipinski definition) is 5. The van der Waals surface area contributed by atoms with Gasteiger partial charge in [-0.2, -0.15) is 8.42 Å². The van der Waals surface area contributed by atoms with E-state index in [2.05, 4.69) is 6.92 Å². The van der Waals surface area contributed by atoms with Crippen molar-refractivity contribution in [1.29, 1.82) is 0 Å². The zero-order chi connectivity index (χ0) is 22.8. The van der Waals surface area contributed by atoms with Crippen LogP contribution in [0.2, 0.25) is 0 Å². The highest BCUT2D eigenvalue weighted by Crippen LogP contribution is 2.13. The molecule has 2 aromatic rings. The Kier molecular flexibility index (Phi) is 15.0. The minimum atomic E-state index is -3.57. The third-order valence-electron chi connectivity index (χ3n) is 4.87. The first-order valence-corrected chi connectivity index (χ1v) is 12.7. The van der Waals surface area contributed by atoms with Gasteiger partial charge in [0.1, 0.15) is 0 Å². The number of hydrogen-bond donors (Lipinski definition) is 2. The van der Waals surface area contributed by atoms with Gasteiger partial charge in [-0.05, 0) is 24.0 Å². The molecule has 0 spiro atoms. The molecule has 0 radical (unpaired) electrons. The molecule has 2 rings (SSSR count). The van der Waals surface area contributed by atoms with Gasteiger partial charge >= 0.3 is 7.12 Å². The minimum absolute atomic E-state index is 0.238. The maximum atomic E-state index is 11.9. The second kappa shape index (κ2) is 17.0. The van der Waals surface area contributed by atoms with E-state index in [4.69, 9.17) is 14.2 Å². The number of benzene rings is 2. The van der Waals surface area contributed by atoms with Crippen LogP contribution in [0.3, 0.4) is 0 Å². The fourth-order valence-corrected chi connectivity index (χ4v) is 4.00. The SMILES string of the molecule is CCCCCCCCCCCCOS(=O)(=O)c1ccccc1.OB(O)c1ccccc1. The van der Waals surface area contributed by atoms with E-state index >= 15 is 0 Å². The first kappa shape index (κ1) is 27.4. The van der Waals surface area contributed by atoms with E-state index in [0.29, 0.717) is 5.46 Å². The summed E-state index contributed by atoms with van der Waals surface area (Å²) in [5.41, 5.74) is 0.525. The van der Waals surface area contributed by atoms with Crippen molar-refractivity contribution in [2.45, 2.75) is 76.0 Å². The molecule has 0 saturated carbocycles. The van der Waals surface area contributed by atoms with E-state index in [9.17, 15) is 8.42 Å². The zero-order valence-electron chi connectivity index (χ0n) is 18.7. The molecule has 0 atom stereocenters. The van der Waals surface area contributed by atoms with Gasteiger partial charge in [0.05, 0.1) is 11.5 Å². The summed E-state index contributed by atoms with van der Waals surface area (Å²) >= 11 is 0. The van der Waals surface area contributed by atoms with Crippen LogP contribution in [-0.2, 0) is 14.3 Å². The first-order chi connectivity index (χ1) is 15.0. The maximum Gasteiger partial charge on any atom is 0.488 e. The predicted octanol–water partition coefficient (Wildman–Crippen LogP) is 4.68. The molecule has 0 fully saturated rings. The Balaban J connectivity index is 0.000000442. The Morgan fingerprint density at radius 2 is 1.16 bits per heavy atom. The summed E-state index contributed by atoms with van der Waals surface area (Å²) in [6.45, 7) is 2.52. The van der Waals surface area contributed by atoms with Crippen molar-refractivity contribution < 1.29 is 22.6 Å². The van der Waals surface area contributed by atoms with Gasteiger partial charge in [0.15, 0.2) is 0 Å². The lowest BCUT2D eigenvalue weighted by Crippen LogP contribution is -2.29. The molecule has 2 N–H and O–H groups in total. The lowest BCUT2D eigenvalue weighted by atomic mass is 9.81. The smallest absolute Gasteiger partial charge is 0.423 e. The molecule has 0 aliphatic carbocycles. The van der Waals surface area contributed by atoms with E-state index in [1.54, 1.807) is 54.6 Å². The summed E-state index contributed by atoms with van der Waals surface area (Å²) in [6.07, 6.45) is 12.3. The first-order valence-electron chi connectivity index (χ1n) is 11.3. The number of rotatable bonds is 14. The molecule has 0 aliphatic heterocycles. The third kappa shape index (κ3) is 13.4. The van der Waals surface area contributed by atoms with Gasteiger partial charge in [0, 0.05) is 0 Å². The van der Waals surface area contributed by atoms with E-state index in [1.165, 1.54) is 51.4 Å². The molecule has 0 unspecified atom stereocenters. The monoisotopic (exact) mass is 448 g/mol. The molecule has 5 nitrogen and oxygen atoms in total. The number of unbranched alkanes of at least 4 members (excludes halogenated alkanes) is 9. The van der Waals surface area contributed by atoms with Crippen LogP contribution in [0.25, 0.3) is 0 Å². The quantitative estimate of drug-likeness (QED) is 0.249. The van der Waals surface area contributed by atoms with Crippen molar-refractivity contribution in [2.75, 3.05) is 6.61 Å². The molecule has 0 saturated heterocycles. The summed E-state index contributed by atoms with van der Waals surface area (Å²) in [7, 11) is -4.91. The van der Waals surface area contributed by atoms with Crippen LogP contribution in [0.4, 0.5) is 0 Å². The van der Waals surface area contributed by atoms with Crippen molar-refractivity contribution in [2.24, 2.45) is 0 Å². The van der Waals surface area contributed by atoms with Crippen LogP contribution in [0.15, 0.2) is 65.6 Å². The molecule has 31 heavy (non-hydrogen) atoms. The molecule has 7 heteroatoms. The molecule has 0 heterocycles. The molecule has 172 valence electrons. The van der Waals surface area contributed by atoms with E-state index in [1.807, 2.05) is 6.07 Å². The van der Waals surface area contributed by atoms with Crippen molar-refractivity contribution >= 4 is 22.7 Å². The van der Waals surface area contributed by atoms with E-state index < -0.39 is 17.2 Å². The van der Waals surface area contributed by atoms with Gasteiger partial charge in [-0.1, -0.05) is 113 Å². The molecule has 0 aliphatic rings. The maximum absolute atomic E-state index is 11.9. The second-order valence-electron chi connectivity index (χ2n) is 7.56. The average Bonchev–Trinajstić information content (AvgIpc) is 2.79. The molecule has 0 aromatic heterocycles. The molecular weight excluding hydrogens is 411 g/mol. The van der Waals surface area contributed by atoms with Gasteiger partial charge in [0.2, 0.25) is 0 Å². The fourth-order valence-electron chi connectivity index (χ4n) is 3.04. The Morgan fingerprint density at radius 1 is 0.710 bits per heavy atom. The molecule has 0 amide bonds.